The van der Waals surface area contributed by atoms with Crippen LogP contribution in [0.4, 0.5) is 13.2 Å². The largest absolute Gasteiger partial charge is 0.490 e. The van der Waals surface area contributed by atoms with Gasteiger partial charge in [-0.2, -0.15) is 13.2 Å². The van der Waals surface area contributed by atoms with Crippen molar-refractivity contribution >= 4 is 5.91 Å². The Hall–Kier alpha value is -2.81. The highest BCUT2D eigenvalue weighted by Crippen LogP contribution is 2.21. The van der Waals surface area contributed by atoms with Gasteiger partial charge in [0.15, 0.2) is 6.61 Å². The molecule has 0 saturated carbocycles. The number of nitrogens with one attached hydrogen (secondary N) is 1. The van der Waals surface area contributed by atoms with Crippen molar-refractivity contribution in [3.63, 3.8) is 0 Å². The van der Waals surface area contributed by atoms with Gasteiger partial charge in [0.25, 0.3) is 5.91 Å². The van der Waals surface area contributed by atoms with Crippen LogP contribution < -0.4 is 14.8 Å². The van der Waals surface area contributed by atoms with E-state index < -0.39 is 18.8 Å². The normalized spacial score (nSPS) is 16.0. The van der Waals surface area contributed by atoms with E-state index in [1.54, 1.807) is 31.2 Å². The predicted molar refractivity (Wildman–Crippen MR) is 103 cm³/mol. The summed E-state index contributed by atoms with van der Waals surface area (Å²) in [4.78, 5) is 16.5. The van der Waals surface area contributed by atoms with Gasteiger partial charge >= 0.3 is 6.18 Å². The number of carbonyl (C=O) groups excluding carboxylic acids is 1. The number of nitrogens with zero attached hydrogens (tertiary/aromatic N) is 1. The summed E-state index contributed by atoms with van der Waals surface area (Å²) in [5.74, 6) is 0.414. The molecule has 1 amide bonds. The third-order valence-electron chi connectivity index (χ3n) is 4.54. The number of hydrogen-bond acceptors (Lipinski definition) is 5. The molecule has 162 valence electrons. The minimum absolute atomic E-state index is 0.00900. The molecule has 1 aromatic heterocycles. The summed E-state index contributed by atoms with van der Waals surface area (Å²) in [6, 6.07) is 9.32. The molecule has 0 radical (unpaired) electrons. The minimum atomic E-state index is -4.41. The van der Waals surface area contributed by atoms with Gasteiger partial charge in [-0.3, -0.25) is 9.78 Å². The van der Waals surface area contributed by atoms with Crippen molar-refractivity contribution in [3.05, 3.63) is 53.9 Å². The third kappa shape index (κ3) is 6.62. The van der Waals surface area contributed by atoms with Gasteiger partial charge in [0.05, 0.1) is 31.1 Å². The molecular formula is C21H23F3N2O4. The zero-order valence-electron chi connectivity index (χ0n) is 16.4. The van der Waals surface area contributed by atoms with Crippen LogP contribution in [0.5, 0.6) is 11.5 Å². The average molecular weight is 424 g/mol. The Morgan fingerprint density at radius 2 is 1.83 bits per heavy atom. The van der Waals surface area contributed by atoms with E-state index in [0.717, 1.165) is 12.8 Å². The second-order valence-corrected chi connectivity index (χ2v) is 6.97. The first kappa shape index (κ1) is 21.9. The molecule has 3 rings (SSSR count). The number of aromatic nitrogens is 1. The van der Waals surface area contributed by atoms with Crippen LogP contribution in [-0.2, 0) is 4.74 Å². The van der Waals surface area contributed by atoms with E-state index in [9.17, 15) is 18.0 Å². The van der Waals surface area contributed by atoms with Crippen LogP contribution in [0.15, 0.2) is 42.6 Å². The van der Waals surface area contributed by atoms with Crippen molar-refractivity contribution < 1.29 is 32.2 Å². The Bertz CT molecular complexity index is 820. The number of pyridine rings is 1. The van der Waals surface area contributed by atoms with Crippen LogP contribution in [0, 0.1) is 0 Å². The highest BCUT2D eigenvalue weighted by atomic mass is 19.4. The lowest BCUT2D eigenvalue weighted by atomic mass is 10.1. The van der Waals surface area contributed by atoms with Gasteiger partial charge in [0.2, 0.25) is 0 Å². The van der Waals surface area contributed by atoms with E-state index in [2.05, 4.69) is 15.0 Å². The van der Waals surface area contributed by atoms with Gasteiger partial charge in [-0.15, -0.1) is 0 Å². The molecule has 1 unspecified atom stereocenters. The van der Waals surface area contributed by atoms with Crippen LogP contribution in [0.3, 0.4) is 0 Å². The number of ether oxygens (including phenoxy) is 3. The molecule has 9 heteroatoms. The highest BCUT2D eigenvalue weighted by molar-refractivity contribution is 5.94. The van der Waals surface area contributed by atoms with Crippen LogP contribution in [0.25, 0.3) is 0 Å². The van der Waals surface area contributed by atoms with Crippen molar-refractivity contribution in [2.75, 3.05) is 19.8 Å². The predicted octanol–water partition coefficient (Wildman–Crippen LogP) is 4.07. The van der Waals surface area contributed by atoms with Crippen LogP contribution in [-0.4, -0.2) is 43.0 Å². The summed E-state index contributed by atoms with van der Waals surface area (Å²) < 4.78 is 52.4. The first-order chi connectivity index (χ1) is 14.3. The number of carbonyl (C=O) groups is 1. The van der Waals surface area contributed by atoms with Gasteiger partial charge in [0, 0.05) is 18.4 Å². The fourth-order valence-electron chi connectivity index (χ4n) is 2.92. The molecule has 2 heterocycles. The Morgan fingerprint density at radius 1 is 1.17 bits per heavy atom. The molecule has 30 heavy (non-hydrogen) atoms. The maximum absolute atomic E-state index is 12.5. The molecule has 1 atom stereocenters. The fraction of sp³-hybridized carbons (Fsp3) is 0.429. The Kier molecular flexibility index (Phi) is 7.15. The number of hydrogen-bond donors (Lipinski definition) is 1. The van der Waals surface area contributed by atoms with E-state index in [1.165, 1.54) is 18.3 Å². The molecule has 1 aliphatic heterocycles. The van der Waals surface area contributed by atoms with Crippen LogP contribution in [0.2, 0.25) is 0 Å². The number of benzene rings is 1. The molecule has 2 aromatic rings. The maximum Gasteiger partial charge on any atom is 0.422 e. The number of alkyl halides is 3. The van der Waals surface area contributed by atoms with E-state index in [4.69, 9.17) is 9.47 Å². The van der Waals surface area contributed by atoms with Gasteiger partial charge in [-0.1, -0.05) is 0 Å². The summed E-state index contributed by atoms with van der Waals surface area (Å²) in [7, 11) is 0. The summed E-state index contributed by atoms with van der Waals surface area (Å²) in [5, 5.41) is 2.81. The lowest BCUT2D eigenvalue weighted by Gasteiger charge is -2.23. The van der Waals surface area contributed by atoms with Crippen molar-refractivity contribution in [2.24, 2.45) is 0 Å². The summed E-state index contributed by atoms with van der Waals surface area (Å²) in [6.45, 7) is 1.73. The zero-order valence-corrected chi connectivity index (χ0v) is 16.4. The lowest BCUT2D eigenvalue weighted by Crippen LogP contribution is -2.27. The quantitative estimate of drug-likeness (QED) is 0.726. The number of halogens is 3. The van der Waals surface area contributed by atoms with E-state index >= 15 is 0 Å². The van der Waals surface area contributed by atoms with E-state index in [-0.39, 0.29) is 17.8 Å². The van der Waals surface area contributed by atoms with Crippen LogP contribution >= 0.6 is 0 Å². The van der Waals surface area contributed by atoms with Crippen LogP contribution in [0.1, 0.15) is 41.9 Å². The van der Waals surface area contributed by atoms with Crippen molar-refractivity contribution in [2.45, 2.75) is 38.1 Å². The summed E-state index contributed by atoms with van der Waals surface area (Å²) in [6.07, 6.45) is -1.41. The van der Waals surface area contributed by atoms with Crippen molar-refractivity contribution in [1.29, 1.82) is 0 Å². The molecule has 1 aliphatic rings. The minimum Gasteiger partial charge on any atom is -0.490 e. The Labute approximate surface area is 172 Å². The average Bonchev–Trinajstić information content (AvgIpc) is 2.73. The molecule has 1 N–H and O–H groups in total. The molecule has 0 bridgehead atoms. The van der Waals surface area contributed by atoms with Gasteiger partial charge < -0.3 is 19.5 Å². The molecular weight excluding hydrogens is 401 g/mol. The van der Waals surface area contributed by atoms with Gasteiger partial charge in [0.1, 0.15) is 17.6 Å². The molecule has 0 spiro atoms. The fourth-order valence-corrected chi connectivity index (χ4v) is 2.92. The standard InChI is InChI=1S/C21H23F3N2O4/c1-14(19-7-6-18(12-25-19)29-13-21(22,23)24)26-20(27)15-2-4-16(5-3-15)30-17-8-10-28-11-9-17/h2-7,12,14,17H,8-11,13H2,1H3,(H,26,27). The number of amides is 1. The van der Waals surface area contributed by atoms with Crippen molar-refractivity contribution in [1.82, 2.24) is 10.3 Å². The number of rotatable bonds is 7. The topological polar surface area (TPSA) is 69.7 Å². The first-order valence-electron chi connectivity index (χ1n) is 9.61. The Balaban J connectivity index is 1.52. The van der Waals surface area contributed by atoms with Crippen molar-refractivity contribution in [3.8, 4) is 11.5 Å². The molecule has 1 aromatic carbocycles. The van der Waals surface area contributed by atoms with Gasteiger partial charge in [-0.25, -0.2) is 0 Å². The second-order valence-electron chi connectivity index (χ2n) is 6.97. The summed E-state index contributed by atoms with van der Waals surface area (Å²) in [5.41, 5.74) is 0.966. The highest BCUT2D eigenvalue weighted by Gasteiger charge is 2.28. The van der Waals surface area contributed by atoms with E-state index in [0.29, 0.717) is 30.2 Å². The molecule has 1 fully saturated rings. The maximum atomic E-state index is 12.5. The smallest absolute Gasteiger partial charge is 0.422 e. The SMILES string of the molecule is CC(NC(=O)c1ccc(OC2CCOCC2)cc1)c1ccc(OCC(F)(F)F)cn1. The summed E-state index contributed by atoms with van der Waals surface area (Å²) >= 11 is 0. The molecule has 1 saturated heterocycles. The lowest BCUT2D eigenvalue weighted by molar-refractivity contribution is -0.153. The second kappa shape index (κ2) is 9.80. The first-order valence-corrected chi connectivity index (χ1v) is 9.61. The van der Waals surface area contributed by atoms with E-state index in [1.807, 2.05) is 0 Å². The molecule has 6 nitrogen and oxygen atoms in total. The monoisotopic (exact) mass is 424 g/mol. The zero-order chi connectivity index (χ0) is 21.6. The Morgan fingerprint density at radius 3 is 2.43 bits per heavy atom. The molecule has 0 aliphatic carbocycles. The van der Waals surface area contributed by atoms with Gasteiger partial charge in [-0.05, 0) is 43.3 Å². The third-order valence-corrected chi connectivity index (χ3v) is 4.54.